The van der Waals surface area contributed by atoms with Gasteiger partial charge in [0.2, 0.25) is 0 Å². The fraction of sp³-hybridized carbons (Fsp3) is 0.821. The topological polar surface area (TPSA) is 134 Å². The molecule has 0 rings (SSSR count). The molecule has 0 aliphatic rings. The molecule has 0 saturated heterocycles. The highest BCUT2D eigenvalue weighted by Crippen LogP contribution is 2.43. The van der Waals surface area contributed by atoms with Crippen LogP contribution in [0.1, 0.15) is 322 Å². The van der Waals surface area contributed by atoms with Gasteiger partial charge in [-0.25, -0.2) is 4.57 Å². The van der Waals surface area contributed by atoms with E-state index in [0.29, 0.717) is 6.42 Å². The van der Waals surface area contributed by atoms with Gasteiger partial charge in [-0.1, -0.05) is 312 Å². The molecule has 0 radical (unpaired) electrons. The third-order valence-electron chi connectivity index (χ3n) is 14.4. The third-order valence-corrected chi connectivity index (χ3v) is 15.4. The Hall–Kier alpha value is -2.29. The van der Waals surface area contributed by atoms with Crippen molar-refractivity contribution in [3.8, 4) is 0 Å². The van der Waals surface area contributed by atoms with Crippen LogP contribution in [0.15, 0.2) is 60.8 Å². The highest BCUT2D eigenvalue weighted by atomic mass is 31.2. The van der Waals surface area contributed by atoms with Gasteiger partial charge in [-0.15, -0.1) is 0 Å². The summed E-state index contributed by atoms with van der Waals surface area (Å²) in [6.07, 6.45) is 80.2. The first kappa shape index (κ1) is 74.7. The van der Waals surface area contributed by atoms with E-state index >= 15 is 0 Å². The molecule has 9 nitrogen and oxygen atoms in total. The monoisotopic (exact) mass is 1100 g/mol. The number of esters is 2. The third kappa shape index (κ3) is 62.8. The summed E-state index contributed by atoms with van der Waals surface area (Å²) in [5.74, 6) is -0.809. The Kier molecular flexibility index (Phi) is 61.0. The van der Waals surface area contributed by atoms with Gasteiger partial charge in [-0.05, 0) is 57.8 Å². The number of carbonyl (C=O) groups excluding carboxylic acids is 2. The molecule has 77 heavy (non-hydrogen) atoms. The smallest absolute Gasteiger partial charge is 0.462 e. The van der Waals surface area contributed by atoms with Gasteiger partial charge in [0.25, 0.3) is 0 Å². The number of rotatable bonds is 62. The zero-order chi connectivity index (χ0) is 55.9. The zero-order valence-electron chi connectivity index (χ0n) is 50.4. The van der Waals surface area contributed by atoms with Crippen molar-refractivity contribution in [3.63, 3.8) is 0 Å². The first-order valence-electron chi connectivity index (χ1n) is 32.8. The molecule has 2 unspecified atom stereocenters. The van der Waals surface area contributed by atoms with E-state index in [2.05, 4.69) is 74.6 Å². The Labute approximate surface area is 476 Å². The average molecular weight is 1100 g/mol. The van der Waals surface area contributed by atoms with Gasteiger partial charge in [0.15, 0.2) is 6.10 Å². The normalized spacial score (nSPS) is 13.4. The Balaban J connectivity index is 3.84. The van der Waals surface area contributed by atoms with Crippen molar-refractivity contribution in [1.82, 2.24) is 0 Å². The fourth-order valence-corrected chi connectivity index (χ4v) is 10.4. The molecule has 0 aromatic rings. The second-order valence-electron chi connectivity index (χ2n) is 22.0. The molecule has 0 aromatic heterocycles. The van der Waals surface area contributed by atoms with Crippen LogP contribution in [0.2, 0.25) is 0 Å². The molecule has 0 bridgehead atoms. The van der Waals surface area contributed by atoms with Crippen molar-refractivity contribution >= 4 is 19.8 Å². The van der Waals surface area contributed by atoms with Gasteiger partial charge < -0.3 is 20.1 Å². The first-order chi connectivity index (χ1) is 37.8. The molecule has 0 aliphatic carbocycles. The van der Waals surface area contributed by atoms with Gasteiger partial charge in [0, 0.05) is 19.4 Å². The van der Waals surface area contributed by atoms with Crippen LogP contribution in [0.5, 0.6) is 0 Å². The van der Waals surface area contributed by atoms with Crippen LogP contribution in [-0.4, -0.2) is 49.3 Å². The lowest BCUT2D eigenvalue weighted by Gasteiger charge is -2.19. The van der Waals surface area contributed by atoms with Gasteiger partial charge in [-0.2, -0.15) is 0 Å². The summed E-state index contributed by atoms with van der Waals surface area (Å²) in [6, 6.07) is 0. The summed E-state index contributed by atoms with van der Waals surface area (Å²) in [5.41, 5.74) is 5.39. The van der Waals surface area contributed by atoms with Gasteiger partial charge in [0.05, 0.1) is 13.2 Å². The minimum absolute atomic E-state index is 0.0551. The standard InChI is InChI=1S/C67H124NO8P/c1-3-5-7-9-11-13-15-17-19-21-23-25-26-27-28-29-30-31-32-33-34-35-36-37-38-40-42-44-46-48-50-52-54-56-58-60-67(70)76-65(64-75-77(71,72)74-62-61-68)63-73-66(69)59-57-55-53-51-49-47-45-43-41-39-24-22-20-18-16-14-12-10-8-6-4-2/h5,7,11,13,17,19,23,25,27-28,65H,3-4,6,8-10,12,14-16,18,20-22,24,26,29-64,68H2,1-2H3,(H,71,72)/b7-5-,13-11-,19-17-,25-23-,28-27-. The highest BCUT2D eigenvalue weighted by Gasteiger charge is 2.26. The highest BCUT2D eigenvalue weighted by molar-refractivity contribution is 7.47. The average Bonchev–Trinajstić information content (AvgIpc) is 3.42. The molecule has 0 aliphatic heterocycles. The van der Waals surface area contributed by atoms with E-state index in [1.807, 2.05) is 0 Å². The summed E-state index contributed by atoms with van der Waals surface area (Å²) < 4.78 is 33.1. The quantitative estimate of drug-likeness (QED) is 0.0264. The Morgan fingerprint density at radius 3 is 1.06 bits per heavy atom. The molecule has 0 aromatic carbocycles. The number of phosphoric acid groups is 1. The maximum absolute atomic E-state index is 12.7. The molecule has 10 heteroatoms. The number of ether oxygens (including phenoxy) is 2. The van der Waals surface area contributed by atoms with E-state index in [1.165, 1.54) is 225 Å². The van der Waals surface area contributed by atoms with Crippen LogP contribution in [-0.2, 0) is 32.7 Å². The molecule has 0 amide bonds. The Bertz CT molecular complexity index is 1440. The first-order valence-corrected chi connectivity index (χ1v) is 34.3. The van der Waals surface area contributed by atoms with Crippen LogP contribution >= 0.6 is 7.82 Å². The van der Waals surface area contributed by atoms with Gasteiger partial charge in [-0.3, -0.25) is 18.6 Å². The Morgan fingerprint density at radius 1 is 0.403 bits per heavy atom. The number of hydrogen-bond donors (Lipinski definition) is 2. The summed E-state index contributed by atoms with van der Waals surface area (Å²) in [4.78, 5) is 35.3. The summed E-state index contributed by atoms with van der Waals surface area (Å²) in [6.45, 7) is 3.69. The van der Waals surface area contributed by atoms with Crippen LogP contribution in [0.3, 0.4) is 0 Å². The van der Waals surface area contributed by atoms with Crippen molar-refractivity contribution in [2.75, 3.05) is 26.4 Å². The molecule has 2 atom stereocenters. The molecule has 0 heterocycles. The second-order valence-corrected chi connectivity index (χ2v) is 23.4. The zero-order valence-corrected chi connectivity index (χ0v) is 51.3. The minimum atomic E-state index is -4.39. The number of unbranched alkanes of at least 4 members (excludes halogenated alkanes) is 39. The Morgan fingerprint density at radius 2 is 0.714 bits per heavy atom. The molecule has 0 saturated carbocycles. The maximum atomic E-state index is 12.7. The lowest BCUT2D eigenvalue weighted by Crippen LogP contribution is -2.29. The molecule has 0 spiro atoms. The van der Waals surface area contributed by atoms with Crippen molar-refractivity contribution in [2.45, 2.75) is 328 Å². The van der Waals surface area contributed by atoms with E-state index in [4.69, 9.17) is 24.3 Å². The van der Waals surface area contributed by atoms with Crippen molar-refractivity contribution in [1.29, 1.82) is 0 Å². The number of nitrogens with two attached hydrogens (primary N) is 1. The molecular formula is C67H124NO8P. The summed E-state index contributed by atoms with van der Waals surface area (Å²) >= 11 is 0. The molecule has 3 N–H and O–H groups in total. The van der Waals surface area contributed by atoms with Crippen LogP contribution in [0, 0.1) is 0 Å². The lowest BCUT2D eigenvalue weighted by atomic mass is 10.0. The molecule has 0 fully saturated rings. The number of phosphoric ester groups is 1. The van der Waals surface area contributed by atoms with Crippen LogP contribution < -0.4 is 5.73 Å². The van der Waals surface area contributed by atoms with Gasteiger partial charge in [0.1, 0.15) is 6.61 Å². The number of allylic oxidation sites excluding steroid dienone is 10. The van der Waals surface area contributed by atoms with Crippen LogP contribution in [0.4, 0.5) is 0 Å². The van der Waals surface area contributed by atoms with Crippen molar-refractivity contribution in [3.05, 3.63) is 60.8 Å². The molecule has 450 valence electrons. The lowest BCUT2D eigenvalue weighted by molar-refractivity contribution is -0.161. The van der Waals surface area contributed by atoms with E-state index in [-0.39, 0.29) is 38.6 Å². The van der Waals surface area contributed by atoms with Crippen LogP contribution in [0.25, 0.3) is 0 Å². The summed E-state index contributed by atoms with van der Waals surface area (Å²) in [5, 5.41) is 0. The van der Waals surface area contributed by atoms with E-state index < -0.39 is 26.5 Å². The number of hydrogen-bond acceptors (Lipinski definition) is 8. The number of carbonyl (C=O) groups is 2. The summed E-state index contributed by atoms with van der Waals surface area (Å²) in [7, 11) is -4.39. The fourth-order valence-electron chi connectivity index (χ4n) is 9.61. The van der Waals surface area contributed by atoms with E-state index in [0.717, 1.165) is 64.2 Å². The van der Waals surface area contributed by atoms with E-state index in [1.54, 1.807) is 0 Å². The SMILES string of the molecule is CC/C=C\C/C=C\C/C=C\C/C=C\C/C=C\CCCCCCCCCCCCCCCCCCCCCC(=O)OC(COC(=O)CCCCCCCCCCCCCCCCCCCCCCC)COP(=O)(O)OCCN. The second kappa shape index (κ2) is 62.9. The van der Waals surface area contributed by atoms with E-state index in [9.17, 15) is 19.0 Å². The minimum Gasteiger partial charge on any atom is -0.462 e. The molecular weight excluding hydrogens is 978 g/mol. The van der Waals surface area contributed by atoms with Gasteiger partial charge >= 0.3 is 19.8 Å². The van der Waals surface area contributed by atoms with Crippen molar-refractivity contribution < 1.29 is 37.6 Å². The largest absolute Gasteiger partial charge is 0.472 e. The van der Waals surface area contributed by atoms with Crippen molar-refractivity contribution in [2.24, 2.45) is 5.73 Å². The predicted molar refractivity (Wildman–Crippen MR) is 330 cm³/mol. The predicted octanol–water partition coefficient (Wildman–Crippen LogP) is 21.1. The maximum Gasteiger partial charge on any atom is 0.472 e.